The number of hydrogen-bond donors (Lipinski definition) is 2. The minimum atomic E-state index is -0.157. The molecule has 0 radical (unpaired) electrons. The van der Waals surface area contributed by atoms with Crippen molar-refractivity contribution in [2.24, 2.45) is 0 Å². The van der Waals surface area contributed by atoms with E-state index in [9.17, 15) is 4.79 Å². The second kappa shape index (κ2) is 6.73. The molecule has 0 unspecified atom stereocenters. The Labute approximate surface area is 118 Å². The molecule has 0 saturated carbocycles. The van der Waals surface area contributed by atoms with E-state index in [-0.39, 0.29) is 11.7 Å². The van der Waals surface area contributed by atoms with Crippen LogP contribution in [0.4, 0.5) is 5.82 Å². The van der Waals surface area contributed by atoms with Crippen LogP contribution >= 0.6 is 11.6 Å². The van der Waals surface area contributed by atoms with Gasteiger partial charge >= 0.3 is 0 Å². The predicted molar refractivity (Wildman–Crippen MR) is 76.3 cm³/mol. The number of aromatic nitrogens is 1. The first kappa shape index (κ1) is 14.1. The molecule has 6 heteroatoms. The van der Waals surface area contributed by atoms with Crippen LogP contribution in [0.15, 0.2) is 12.3 Å². The average molecular weight is 283 g/mol. The summed E-state index contributed by atoms with van der Waals surface area (Å²) in [5.41, 5.74) is 5.94. The number of carbonyl (C=O) groups is 1. The molecule has 1 aliphatic heterocycles. The van der Waals surface area contributed by atoms with Crippen LogP contribution in [0.2, 0.25) is 5.02 Å². The Bertz CT molecular complexity index is 446. The normalized spacial score (nSPS) is 15.6. The molecule has 2 heterocycles. The number of anilines is 1. The number of amides is 1. The molecule has 1 aliphatic rings. The van der Waals surface area contributed by atoms with E-state index in [1.807, 2.05) is 0 Å². The van der Waals surface area contributed by atoms with Crippen LogP contribution in [-0.4, -0.2) is 42.0 Å². The summed E-state index contributed by atoms with van der Waals surface area (Å²) in [6.07, 6.45) is 4.99. The van der Waals surface area contributed by atoms with Gasteiger partial charge < -0.3 is 16.0 Å². The zero-order valence-corrected chi connectivity index (χ0v) is 11.6. The third kappa shape index (κ3) is 4.08. The number of carbonyl (C=O) groups excluding carboxylic acids is 1. The van der Waals surface area contributed by atoms with Crippen molar-refractivity contribution in [1.29, 1.82) is 0 Å². The summed E-state index contributed by atoms with van der Waals surface area (Å²) in [5.74, 6) is 0.0862. The quantitative estimate of drug-likeness (QED) is 0.804. The topological polar surface area (TPSA) is 71.2 Å². The lowest BCUT2D eigenvalue weighted by Crippen LogP contribution is -2.28. The number of pyridine rings is 1. The van der Waals surface area contributed by atoms with E-state index in [0.717, 1.165) is 13.0 Å². The van der Waals surface area contributed by atoms with Crippen LogP contribution in [0.1, 0.15) is 29.6 Å². The zero-order valence-electron chi connectivity index (χ0n) is 10.9. The molecule has 2 rings (SSSR count). The van der Waals surface area contributed by atoms with Gasteiger partial charge in [0, 0.05) is 12.7 Å². The molecule has 1 aromatic heterocycles. The summed E-state index contributed by atoms with van der Waals surface area (Å²) in [4.78, 5) is 18.1. The fourth-order valence-corrected chi connectivity index (χ4v) is 2.35. The van der Waals surface area contributed by atoms with Crippen molar-refractivity contribution >= 4 is 23.3 Å². The van der Waals surface area contributed by atoms with Crippen LogP contribution in [-0.2, 0) is 0 Å². The second-order valence-corrected chi connectivity index (χ2v) is 5.16. The molecule has 0 bridgehead atoms. The standard InChI is InChI=1S/C13H19ClN4O/c14-11-8-10(9-17-12(11)15)13(19)16-4-3-7-18-5-1-2-6-18/h8-9H,1-7H2,(H2,15,17)(H,16,19). The lowest BCUT2D eigenvalue weighted by molar-refractivity contribution is 0.0951. The maximum Gasteiger partial charge on any atom is 0.252 e. The van der Waals surface area contributed by atoms with Gasteiger partial charge in [-0.1, -0.05) is 11.6 Å². The largest absolute Gasteiger partial charge is 0.382 e. The molecular weight excluding hydrogens is 264 g/mol. The van der Waals surface area contributed by atoms with Crippen molar-refractivity contribution in [3.05, 3.63) is 22.8 Å². The first-order chi connectivity index (χ1) is 9.16. The Morgan fingerprint density at radius 2 is 2.21 bits per heavy atom. The lowest BCUT2D eigenvalue weighted by Gasteiger charge is -2.14. The van der Waals surface area contributed by atoms with Gasteiger partial charge in [-0.25, -0.2) is 4.98 Å². The van der Waals surface area contributed by atoms with Crippen molar-refractivity contribution in [1.82, 2.24) is 15.2 Å². The molecule has 3 N–H and O–H groups in total. The SMILES string of the molecule is Nc1ncc(C(=O)NCCCN2CCCC2)cc1Cl. The highest BCUT2D eigenvalue weighted by molar-refractivity contribution is 6.33. The van der Waals surface area contributed by atoms with E-state index in [4.69, 9.17) is 17.3 Å². The first-order valence-electron chi connectivity index (χ1n) is 6.58. The number of nitrogen functional groups attached to an aromatic ring is 1. The Hall–Kier alpha value is -1.33. The molecule has 0 aromatic carbocycles. The smallest absolute Gasteiger partial charge is 0.252 e. The van der Waals surface area contributed by atoms with E-state index in [1.165, 1.54) is 32.1 Å². The fourth-order valence-electron chi connectivity index (χ4n) is 2.19. The summed E-state index contributed by atoms with van der Waals surface area (Å²) < 4.78 is 0. The van der Waals surface area contributed by atoms with Crippen LogP contribution in [0, 0.1) is 0 Å². The first-order valence-corrected chi connectivity index (χ1v) is 6.96. The van der Waals surface area contributed by atoms with Gasteiger partial charge in [-0.3, -0.25) is 4.79 Å². The van der Waals surface area contributed by atoms with Gasteiger partial charge in [-0.2, -0.15) is 0 Å². The molecule has 0 aliphatic carbocycles. The average Bonchev–Trinajstić information content (AvgIpc) is 2.91. The van der Waals surface area contributed by atoms with Gasteiger partial charge in [0.05, 0.1) is 10.6 Å². The Kier molecular flexibility index (Phi) is 4.99. The lowest BCUT2D eigenvalue weighted by atomic mass is 10.2. The molecule has 0 spiro atoms. The molecule has 104 valence electrons. The minimum Gasteiger partial charge on any atom is -0.382 e. The minimum absolute atomic E-state index is 0.157. The molecule has 1 fully saturated rings. The molecule has 1 amide bonds. The van der Waals surface area contributed by atoms with Crippen molar-refractivity contribution in [3.63, 3.8) is 0 Å². The highest BCUT2D eigenvalue weighted by Crippen LogP contribution is 2.16. The maximum atomic E-state index is 11.8. The monoisotopic (exact) mass is 282 g/mol. The zero-order chi connectivity index (χ0) is 13.7. The number of nitrogens with one attached hydrogen (secondary N) is 1. The molecule has 1 aromatic rings. The van der Waals surface area contributed by atoms with E-state index in [0.29, 0.717) is 17.1 Å². The van der Waals surface area contributed by atoms with Gasteiger partial charge in [0.1, 0.15) is 5.82 Å². The summed E-state index contributed by atoms with van der Waals surface area (Å²) in [6.45, 7) is 4.08. The summed E-state index contributed by atoms with van der Waals surface area (Å²) >= 11 is 5.83. The van der Waals surface area contributed by atoms with E-state index in [1.54, 1.807) is 6.07 Å². The Morgan fingerprint density at radius 1 is 1.47 bits per heavy atom. The molecule has 0 atom stereocenters. The van der Waals surface area contributed by atoms with E-state index < -0.39 is 0 Å². The van der Waals surface area contributed by atoms with Crippen molar-refractivity contribution < 1.29 is 4.79 Å². The fraction of sp³-hybridized carbons (Fsp3) is 0.538. The second-order valence-electron chi connectivity index (χ2n) is 4.75. The van der Waals surface area contributed by atoms with E-state index >= 15 is 0 Å². The van der Waals surface area contributed by atoms with Gasteiger partial charge in [-0.05, 0) is 45.0 Å². The number of rotatable bonds is 5. The summed E-state index contributed by atoms with van der Waals surface area (Å²) in [5, 5.41) is 3.17. The predicted octanol–water partition coefficient (Wildman–Crippen LogP) is 1.53. The maximum absolute atomic E-state index is 11.8. The Balaban J connectivity index is 1.72. The van der Waals surface area contributed by atoms with Gasteiger partial charge in [0.15, 0.2) is 0 Å². The van der Waals surface area contributed by atoms with Crippen LogP contribution < -0.4 is 11.1 Å². The van der Waals surface area contributed by atoms with Crippen molar-refractivity contribution in [2.75, 3.05) is 31.9 Å². The van der Waals surface area contributed by atoms with Crippen LogP contribution in [0.5, 0.6) is 0 Å². The summed E-state index contributed by atoms with van der Waals surface area (Å²) in [6, 6.07) is 1.54. The third-order valence-electron chi connectivity index (χ3n) is 3.27. The number of hydrogen-bond acceptors (Lipinski definition) is 4. The highest BCUT2D eigenvalue weighted by atomic mass is 35.5. The van der Waals surface area contributed by atoms with Crippen molar-refractivity contribution in [2.45, 2.75) is 19.3 Å². The van der Waals surface area contributed by atoms with Crippen LogP contribution in [0.25, 0.3) is 0 Å². The molecule has 5 nitrogen and oxygen atoms in total. The van der Waals surface area contributed by atoms with Crippen LogP contribution in [0.3, 0.4) is 0 Å². The number of halogens is 1. The number of nitrogens with two attached hydrogens (primary N) is 1. The molecule has 1 saturated heterocycles. The highest BCUT2D eigenvalue weighted by Gasteiger charge is 2.11. The van der Waals surface area contributed by atoms with Gasteiger partial charge in [0.2, 0.25) is 0 Å². The third-order valence-corrected chi connectivity index (χ3v) is 3.57. The van der Waals surface area contributed by atoms with E-state index in [2.05, 4.69) is 15.2 Å². The van der Waals surface area contributed by atoms with Crippen molar-refractivity contribution in [3.8, 4) is 0 Å². The number of nitrogens with zero attached hydrogens (tertiary/aromatic N) is 2. The molecule has 19 heavy (non-hydrogen) atoms. The summed E-state index contributed by atoms with van der Waals surface area (Å²) in [7, 11) is 0. The number of likely N-dealkylation sites (tertiary alicyclic amines) is 1. The Morgan fingerprint density at radius 3 is 2.89 bits per heavy atom. The van der Waals surface area contributed by atoms with Gasteiger partial charge in [0.25, 0.3) is 5.91 Å². The molecular formula is C13H19ClN4O. The van der Waals surface area contributed by atoms with Gasteiger partial charge in [-0.15, -0.1) is 0 Å².